The third kappa shape index (κ3) is 7.07. The van der Waals surface area contributed by atoms with Crippen molar-refractivity contribution in [2.45, 2.75) is 64.2 Å². The zero-order valence-corrected chi connectivity index (χ0v) is 25.7. The van der Waals surface area contributed by atoms with Crippen LogP contribution in [0.3, 0.4) is 0 Å². The molecule has 2 heterocycles. The van der Waals surface area contributed by atoms with Crippen LogP contribution in [-0.2, 0) is 12.8 Å². The first-order chi connectivity index (χ1) is 21.7. The molecule has 1 aliphatic heterocycles. The van der Waals surface area contributed by atoms with Crippen LogP contribution in [-0.4, -0.2) is 37.6 Å². The monoisotopic (exact) mass is 590 g/mol. The van der Waals surface area contributed by atoms with Crippen LogP contribution in [0.5, 0.6) is 17.2 Å². The van der Waals surface area contributed by atoms with Gasteiger partial charge in [0.2, 0.25) is 0 Å². The molecule has 0 amide bonds. The minimum Gasteiger partial charge on any atom is -0.497 e. The molecule has 0 unspecified atom stereocenters. The molecule has 228 valence electrons. The second-order valence-corrected chi connectivity index (χ2v) is 11.8. The number of rotatable bonds is 13. The number of carbonyl (C=O) groups excluding carboxylic acids is 1. The average Bonchev–Trinajstić information content (AvgIpc) is 3.06. The molecule has 6 rings (SSSR count). The van der Waals surface area contributed by atoms with E-state index in [4.69, 9.17) is 19.2 Å². The lowest BCUT2D eigenvalue weighted by Crippen LogP contribution is -2.19. The van der Waals surface area contributed by atoms with E-state index in [0.717, 1.165) is 54.8 Å². The number of anilines is 1. The first-order valence-electron chi connectivity index (χ1n) is 16.1. The molecule has 1 N–H and O–H groups in total. The average molecular weight is 591 g/mol. The van der Waals surface area contributed by atoms with E-state index >= 15 is 0 Å². The zero-order chi connectivity index (χ0) is 30.1. The molecule has 0 saturated carbocycles. The minimum absolute atomic E-state index is 0.00249. The van der Waals surface area contributed by atoms with Gasteiger partial charge in [0.05, 0.1) is 24.8 Å². The number of methoxy groups -OCH3 is 1. The molecule has 44 heavy (non-hydrogen) atoms. The summed E-state index contributed by atoms with van der Waals surface area (Å²) in [5.41, 5.74) is 7.33. The number of benzene rings is 3. The van der Waals surface area contributed by atoms with Crippen molar-refractivity contribution in [1.82, 2.24) is 4.98 Å². The van der Waals surface area contributed by atoms with Crippen LogP contribution in [0.15, 0.2) is 72.3 Å². The van der Waals surface area contributed by atoms with E-state index < -0.39 is 0 Å². The van der Waals surface area contributed by atoms with Crippen molar-refractivity contribution in [2.24, 2.45) is 0 Å². The van der Waals surface area contributed by atoms with Crippen molar-refractivity contribution in [3.8, 4) is 17.2 Å². The summed E-state index contributed by atoms with van der Waals surface area (Å²) in [6.45, 7) is 1.92. The highest BCUT2D eigenvalue weighted by Gasteiger charge is 2.24. The van der Waals surface area contributed by atoms with Crippen molar-refractivity contribution < 1.29 is 19.0 Å². The Morgan fingerprint density at radius 2 is 1.66 bits per heavy atom. The summed E-state index contributed by atoms with van der Waals surface area (Å²) in [6.07, 6.45) is 13.6. The quantitative estimate of drug-likeness (QED) is 0.124. The highest BCUT2D eigenvalue weighted by Crippen LogP contribution is 2.34. The number of Topliss-reactive ketones (excluding diaryl/α,β-unsaturated/α-hetero) is 1. The van der Waals surface area contributed by atoms with E-state index in [-0.39, 0.29) is 12.4 Å². The number of nitrogens with one attached hydrogen (secondary N) is 1. The first kappa shape index (κ1) is 29.7. The first-order valence-corrected chi connectivity index (χ1v) is 16.1. The summed E-state index contributed by atoms with van der Waals surface area (Å²) in [5, 5.41) is 5.05. The highest BCUT2D eigenvalue weighted by molar-refractivity contribution is 6.14. The van der Waals surface area contributed by atoms with Crippen LogP contribution < -0.4 is 19.5 Å². The molecule has 6 nitrogen and oxygen atoms in total. The van der Waals surface area contributed by atoms with Gasteiger partial charge in [-0.25, -0.2) is 0 Å². The molecular formula is C38H42N2O4. The Balaban J connectivity index is 0.892. The fraction of sp³-hybridized carbons (Fsp3) is 0.368. The van der Waals surface area contributed by atoms with Crippen molar-refractivity contribution >= 4 is 28.4 Å². The number of aromatic nitrogens is 1. The normalized spacial score (nSPS) is 15.0. The zero-order valence-electron chi connectivity index (χ0n) is 25.7. The number of nitrogens with zero attached hydrogens (tertiary/aromatic N) is 1. The summed E-state index contributed by atoms with van der Waals surface area (Å²) in [4.78, 5) is 18.0. The third-order valence-corrected chi connectivity index (χ3v) is 8.64. The molecule has 0 saturated heterocycles. The summed E-state index contributed by atoms with van der Waals surface area (Å²) < 4.78 is 17.1. The van der Waals surface area contributed by atoms with Gasteiger partial charge in [-0.05, 0) is 86.1 Å². The Morgan fingerprint density at radius 3 is 2.52 bits per heavy atom. The van der Waals surface area contributed by atoms with E-state index in [9.17, 15) is 4.79 Å². The van der Waals surface area contributed by atoms with E-state index in [1.807, 2.05) is 48.5 Å². The molecule has 0 radical (unpaired) electrons. The van der Waals surface area contributed by atoms with E-state index in [1.54, 1.807) is 7.11 Å². The van der Waals surface area contributed by atoms with Gasteiger partial charge in [-0.3, -0.25) is 9.78 Å². The Morgan fingerprint density at radius 1 is 0.886 bits per heavy atom. The Labute approximate surface area is 260 Å². The standard InChI is InChI=1S/C38H42N2O4/c1-42-29-18-16-27(17-19-29)24-28-26-44-36-25-30(20-21-33(36)38(28)41)43-23-11-5-3-2-4-10-22-39-37-31-12-6-8-14-34(31)40-35-15-9-7-13-32(35)37/h6,8,12,14,16-21,24-25H,2-5,7,9-11,13,15,22-23,26H2,1H3,(H,39,40)/b28-24+. The van der Waals surface area contributed by atoms with Crippen LogP contribution in [0.1, 0.15) is 78.5 Å². The summed E-state index contributed by atoms with van der Waals surface area (Å²) in [5.74, 6) is 2.12. The number of hydrogen-bond donors (Lipinski definition) is 1. The number of ketones is 1. The molecule has 0 fully saturated rings. The van der Waals surface area contributed by atoms with Gasteiger partial charge >= 0.3 is 0 Å². The molecule has 1 aromatic heterocycles. The van der Waals surface area contributed by atoms with Crippen molar-refractivity contribution in [3.63, 3.8) is 0 Å². The van der Waals surface area contributed by atoms with Crippen molar-refractivity contribution in [2.75, 3.05) is 32.2 Å². The number of fused-ring (bicyclic) bond motifs is 3. The maximum atomic E-state index is 13.0. The Hall–Kier alpha value is -4.32. The third-order valence-electron chi connectivity index (χ3n) is 8.64. The molecule has 4 aromatic rings. The van der Waals surface area contributed by atoms with Crippen LogP contribution in [0.4, 0.5) is 5.69 Å². The molecule has 0 spiro atoms. The lowest BCUT2D eigenvalue weighted by molar-refractivity contribution is 0.100. The number of hydrogen-bond acceptors (Lipinski definition) is 6. The number of unbranched alkanes of at least 4 members (excludes halogenated alkanes) is 5. The topological polar surface area (TPSA) is 69.7 Å². The molecule has 1 aliphatic carbocycles. The predicted molar refractivity (Wildman–Crippen MR) is 177 cm³/mol. The van der Waals surface area contributed by atoms with Gasteiger partial charge in [-0.2, -0.15) is 0 Å². The highest BCUT2D eigenvalue weighted by atomic mass is 16.5. The van der Waals surface area contributed by atoms with Gasteiger partial charge in [-0.1, -0.05) is 56.0 Å². The van der Waals surface area contributed by atoms with E-state index in [1.165, 1.54) is 60.9 Å². The lowest BCUT2D eigenvalue weighted by Gasteiger charge is -2.21. The predicted octanol–water partition coefficient (Wildman–Crippen LogP) is 8.61. The second kappa shape index (κ2) is 14.4. The smallest absolute Gasteiger partial charge is 0.196 e. The number of ether oxygens (including phenoxy) is 3. The molecule has 6 heteroatoms. The van der Waals surface area contributed by atoms with Crippen LogP contribution in [0, 0.1) is 0 Å². The van der Waals surface area contributed by atoms with Crippen LogP contribution >= 0.6 is 0 Å². The molecule has 0 bridgehead atoms. The summed E-state index contributed by atoms with van der Waals surface area (Å²) in [6, 6.07) is 21.7. The van der Waals surface area contributed by atoms with Crippen LogP contribution in [0.2, 0.25) is 0 Å². The molecule has 2 aliphatic rings. The van der Waals surface area contributed by atoms with E-state index in [0.29, 0.717) is 23.5 Å². The van der Waals surface area contributed by atoms with Gasteiger partial charge in [-0.15, -0.1) is 0 Å². The molecule has 3 aromatic carbocycles. The Bertz CT molecular complexity index is 1630. The fourth-order valence-electron chi connectivity index (χ4n) is 6.21. The summed E-state index contributed by atoms with van der Waals surface area (Å²) >= 11 is 0. The fourth-order valence-corrected chi connectivity index (χ4v) is 6.21. The maximum Gasteiger partial charge on any atom is 0.196 e. The van der Waals surface area contributed by atoms with Crippen molar-refractivity contribution in [3.05, 3.63) is 94.7 Å². The van der Waals surface area contributed by atoms with Gasteiger partial charge in [0.1, 0.15) is 23.9 Å². The van der Waals surface area contributed by atoms with Gasteiger partial charge in [0.15, 0.2) is 5.78 Å². The van der Waals surface area contributed by atoms with Gasteiger partial charge in [0, 0.05) is 35.0 Å². The van der Waals surface area contributed by atoms with Gasteiger partial charge < -0.3 is 19.5 Å². The molecular weight excluding hydrogens is 548 g/mol. The SMILES string of the molecule is COc1ccc(/C=C2\COc3cc(OCCCCCCCCNc4c5c(nc6ccccc46)CCCC5)ccc3C2=O)cc1. The second-order valence-electron chi connectivity index (χ2n) is 11.8. The number of para-hydroxylation sites is 1. The number of aryl methyl sites for hydroxylation is 1. The summed E-state index contributed by atoms with van der Waals surface area (Å²) in [7, 11) is 1.64. The maximum absolute atomic E-state index is 13.0. The largest absolute Gasteiger partial charge is 0.497 e. The lowest BCUT2D eigenvalue weighted by atomic mass is 9.92. The van der Waals surface area contributed by atoms with Gasteiger partial charge in [0.25, 0.3) is 0 Å². The number of pyridine rings is 1. The number of carbonyl (C=O) groups is 1. The minimum atomic E-state index is -0.00249. The van der Waals surface area contributed by atoms with Crippen molar-refractivity contribution in [1.29, 1.82) is 0 Å². The van der Waals surface area contributed by atoms with Crippen LogP contribution in [0.25, 0.3) is 17.0 Å². The molecule has 0 atom stereocenters. The van der Waals surface area contributed by atoms with E-state index in [2.05, 4.69) is 29.6 Å². The Kier molecular flexibility index (Phi) is 9.76.